The highest BCUT2D eigenvalue weighted by Crippen LogP contribution is 2.31. The van der Waals surface area contributed by atoms with Gasteiger partial charge in [0.2, 0.25) is 5.91 Å². The quantitative estimate of drug-likeness (QED) is 0.834. The Morgan fingerprint density at radius 1 is 1.21 bits per heavy atom. The van der Waals surface area contributed by atoms with Gasteiger partial charge in [0.15, 0.2) is 0 Å². The van der Waals surface area contributed by atoms with Crippen molar-refractivity contribution in [3.63, 3.8) is 0 Å². The molecule has 1 saturated carbocycles. The number of hydrogen-bond donors (Lipinski definition) is 2. The Kier molecular flexibility index (Phi) is 5.03. The molecule has 4 rings (SSSR count). The fourth-order valence-electron chi connectivity index (χ4n) is 3.73. The summed E-state index contributed by atoms with van der Waals surface area (Å²) >= 11 is 0. The molecule has 2 aromatic rings. The number of nitrogens with zero attached hydrogens (tertiary/aromatic N) is 1. The number of amides is 2. The molecular formula is C22H24FN3O2. The molecule has 1 heterocycles. The third-order valence-corrected chi connectivity index (χ3v) is 5.17. The standard InChI is InChI=1S/C22H24FN3O2/c1-14-11-15-5-4-10-26(21(15)18(23)12-14)13-20(27)25-19-7-3-2-6-17(19)22(28)24-16-8-9-16/h2-3,6-7,11-12,16H,4-5,8-10,13H2,1H3,(H,24,28)(H,25,27). The summed E-state index contributed by atoms with van der Waals surface area (Å²) in [6, 6.07) is 10.7. The maximum absolute atomic E-state index is 14.5. The van der Waals surface area contributed by atoms with Gasteiger partial charge in [-0.05, 0) is 61.9 Å². The number of rotatable bonds is 5. The van der Waals surface area contributed by atoms with Crippen molar-refractivity contribution in [2.75, 3.05) is 23.3 Å². The largest absolute Gasteiger partial charge is 0.360 e. The number of anilines is 2. The van der Waals surface area contributed by atoms with Crippen LogP contribution in [0.2, 0.25) is 0 Å². The van der Waals surface area contributed by atoms with E-state index >= 15 is 0 Å². The van der Waals surface area contributed by atoms with Gasteiger partial charge in [0.05, 0.1) is 23.5 Å². The summed E-state index contributed by atoms with van der Waals surface area (Å²) in [5.74, 6) is -0.727. The van der Waals surface area contributed by atoms with Crippen LogP contribution in [-0.4, -0.2) is 30.9 Å². The average Bonchev–Trinajstić information content (AvgIpc) is 3.45. The Morgan fingerprint density at radius 2 is 2.00 bits per heavy atom. The van der Waals surface area contributed by atoms with Crippen LogP contribution in [0.25, 0.3) is 0 Å². The lowest BCUT2D eigenvalue weighted by Crippen LogP contribution is -2.38. The number of nitrogens with one attached hydrogen (secondary N) is 2. The van der Waals surface area contributed by atoms with Crippen LogP contribution >= 0.6 is 0 Å². The third-order valence-electron chi connectivity index (χ3n) is 5.17. The van der Waals surface area contributed by atoms with Crippen molar-refractivity contribution in [3.05, 3.63) is 58.9 Å². The number of fused-ring (bicyclic) bond motifs is 1. The number of carbonyl (C=O) groups is 2. The molecule has 0 bridgehead atoms. The zero-order valence-corrected chi connectivity index (χ0v) is 15.9. The number of hydrogen-bond acceptors (Lipinski definition) is 3. The van der Waals surface area contributed by atoms with Crippen molar-refractivity contribution in [2.24, 2.45) is 0 Å². The van der Waals surface area contributed by atoms with Gasteiger partial charge < -0.3 is 15.5 Å². The highest BCUT2D eigenvalue weighted by molar-refractivity contribution is 6.04. The second-order valence-electron chi connectivity index (χ2n) is 7.62. The molecule has 0 radical (unpaired) electrons. The minimum atomic E-state index is -0.285. The van der Waals surface area contributed by atoms with Crippen molar-refractivity contribution in [3.8, 4) is 0 Å². The van der Waals surface area contributed by atoms with Gasteiger partial charge in [-0.3, -0.25) is 9.59 Å². The van der Waals surface area contributed by atoms with Gasteiger partial charge in [-0.25, -0.2) is 4.39 Å². The van der Waals surface area contributed by atoms with Gasteiger partial charge in [0.1, 0.15) is 5.82 Å². The first kappa shape index (κ1) is 18.5. The Hall–Kier alpha value is -2.89. The number of aryl methyl sites for hydroxylation is 2. The van der Waals surface area contributed by atoms with Gasteiger partial charge in [-0.1, -0.05) is 18.2 Å². The van der Waals surface area contributed by atoms with Crippen LogP contribution in [0.3, 0.4) is 0 Å². The van der Waals surface area contributed by atoms with Crippen LogP contribution < -0.4 is 15.5 Å². The van der Waals surface area contributed by atoms with Gasteiger partial charge >= 0.3 is 0 Å². The van der Waals surface area contributed by atoms with Gasteiger partial charge in [-0.2, -0.15) is 0 Å². The molecule has 1 fully saturated rings. The molecular weight excluding hydrogens is 357 g/mol. The maximum atomic E-state index is 14.5. The van der Waals surface area contributed by atoms with E-state index in [0.717, 1.165) is 36.8 Å². The Morgan fingerprint density at radius 3 is 2.79 bits per heavy atom. The van der Waals surface area contributed by atoms with E-state index < -0.39 is 0 Å². The molecule has 6 heteroatoms. The summed E-state index contributed by atoms with van der Waals surface area (Å²) in [5, 5.41) is 5.77. The fourth-order valence-corrected chi connectivity index (χ4v) is 3.73. The molecule has 0 spiro atoms. The van der Waals surface area contributed by atoms with E-state index in [1.807, 2.05) is 13.0 Å². The first-order valence-electron chi connectivity index (χ1n) is 9.75. The molecule has 0 unspecified atom stereocenters. The molecule has 0 atom stereocenters. The van der Waals surface area contributed by atoms with Gasteiger partial charge in [-0.15, -0.1) is 0 Å². The number of benzene rings is 2. The van der Waals surface area contributed by atoms with Crippen LogP contribution in [0.1, 0.15) is 40.7 Å². The van der Waals surface area contributed by atoms with Gasteiger partial charge in [0.25, 0.3) is 5.91 Å². The van der Waals surface area contributed by atoms with E-state index in [-0.39, 0.29) is 30.2 Å². The van der Waals surface area contributed by atoms with Crippen molar-refractivity contribution < 1.29 is 14.0 Å². The first-order valence-corrected chi connectivity index (χ1v) is 9.75. The van der Waals surface area contributed by atoms with Crippen LogP contribution in [0.5, 0.6) is 0 Å². The summed E-state index contributed by atoms with van der Waals surface area (Å²) in [4.78, 5) is 26.9. The van der Waals surface area contributed by atoms with Crippen molar-refractivity contribution in [2.45, 2.75) is 38.6 Å². The third kappa shape index (κ3) is 4.01. The molecule has 1 aliphatic carbocycles. The number of para-hydroxylation sites is 1. The van der Waals surface area contributed by atoms with Crippen molar-refractivity contribution in [1.29, 1.82) is 0 Å². The maximum Gasteiger partial charge on any atom is 0.253 e. The molecule has 1 aliphatic heterocycles. The second kappa shape index (κ2) is 7.62. The van der Waals surface area contributed by atoms with Crippen molar-refractivity contribution in [1.82, 2.24) is 5.32 Å². The lowest BCUT2D eigenvalue weighted by atomic mass is 9.99. The highest BCUT2D eigenvalue weighted by Gasteiger charge is 2.26. The molecule has 2 amide bonds. The SMILES string of the molecule is Cc1cc(F)c2c(c1)CCCN2CC(=O)Nc1ccccc1C(=O)NC1CC1. The average molecular weight is 381 g/mol. The summed E-state index contributed by atoms with van der Waals surface area (Å²) < 4.78 is 14.5. The normalized spacial score (nSPS) is 15.7. The minimum absolute atomic E-state index is 0.0472. The second-order valence-corrected chi connectivity index (χ2v) is 7.62. The molecule has 28 heavy (non-hydrogen) atoms. The topological polar surface area (TPSA) is 61.4 Å². The number of halogens is 1. The van der Waals surface area contributed by atoms with Gasteiger partial charge in [0, 0.05) is 12.6 Å². The van der Waals surface area contributed by atoms with Crippen LogP contribution in [-0.2, 0) is 11.2 Å². The molecule has 5 nitrogen and oxygen atoms in total. The van der Waals surface area contributed by atoms with Crippen LogP contribution in [0, 0.1) is 12.7 Å². The van der Waals surface area contributed by atoms with Crippen LogP contribution in [0.4, 0.5) is 15.8 Å². The van der Waals surface area contributed by atoms with E-state index in [9.17, 15) is 14.0 Å². The smallest absolute Gasteiger partial charge is 0.253 e. The zero-order valence-electron chi connectivity index (χ0n) is 15.9. The summed E-state index contributed by atoms with van der Waals surface area (Å²) in [5.41, 5.74) is 3.28. The molecule has 2 aliphatic rings. The van der Waals surface area contributed by atoms with E-state index in [0.29, 0.717) is 23.5 Å². The summed E-state index contributed by atoms with van der Waals surface area (Å²) in [6.45, 7) is 2.55. The molecule has 2 aromatic carbocycles. The number of carbonyl (C=O) groups excluding carboxylic acids is 2. The lowest BCUT2D eigenvalue weighted by molar-refractivity contribution is -0.115. The Labute approximate surface area is 163 Å². The predicted octanol–water partition coefficient (Wildman–Crippen LogP) is 3.42. The van der Waals surface area contributed by atoms with Crippen LogP contribution in [0.15, 0.2) is 36.4 Å². The van der Waals surface area contributed by atoms with Crippen molar-refractivity contribution >= 4 is 23.2 Å². The lowest BCUT2D eigenvalue weighted by Gasteiger charge is -2.31. The monoisotopic (exact) mass is 381 g/mol. The summed E-state index contributed by atoms with van der Waals surface area (Å²) in [7, 11) is 0. The molecule has 0 aromatic heterocycles. The molecule has 146 valence electrons. The molecule has 0 saturated heterocycles. The van der Waals surface area contributed by atoms with E-state index in [1.165, 1.54) is 6.07 Å². The van der Waals surface area contributed by atoms with E-state index in [4.69, 9.17) is 0 Å². The minimum Gasteiger partial charge on any atom is -0.360 e. The Bertz CT molecular complexity index is 924. The zero-order chi connectivity index (χ0) is 19.7. The Balaban J connectivity index is 1.48. The molecule has 2 N–H and O–H groups in total. The first-order chi connectivity index (χ1) is 13.5. The van der Waals surface area contributed by atoms with E-state index in [2.05, 4.69) is 10.6 Å². The fraction of sp³-hybridized carbons (Fsp3) is 0.364. The predicted molar refractivity (Wildman–Crippen MR) is 107 cm³/mol. The highest BCUT2D eigenvalue weighted by atomic mass is 19.1. The van der Waals surface area contributed by atoms with E-state index in [1.54, 1.807) is 29.2 Å². The summed E-state index contributed by atoms with van der Waals surface area (Å²) in [6.07, 6.45) is 3.69.